The quantitative estimate of drug-likeness (QED) is 0.0706. The van der Waals surface area contributed by atoms with E-state index in [-0.39, 0.29) is 21.2 Å². The standard InChI is InChI=1S/C38H62I/c1-3-5-7-9-11-13-15-16-18-20-22-24-26-36-29-33-38(34-30-36)39-37-31-27-35(28-32-37)25-23-21-19-17-14-12-10-8-6-4-2/h27-34H,3-26H2,1-2H3/q+1. The smallest absolute Gasteiger partial charge is 0.0654 e. The summed E-state index contributed by atoms with van der Waals surface area (Å²) in [6.45, 7) is 4.60. The van der Waals surface area contributed by atoms with Crippen LogP contribution in [0.15, 0.2) is 48.5 Å². The molecule has 0 heterocycles. The molecule has 39 heavy (non-hydrogen) atoms. The van der Waals surface area contributed by atoms with E-state index in [2.05, 4.69) is 62.4 Å². The van der Waals surface area contributed by atoms with E-state index in [0.717, 1.165) is 0 Å². The van der Waals surface area contributed by atoms with Crippen LogP contribution in [0.25, 0.3) is 0 Å². The number of hydrogen-bond acceptors (Lipinski definition) is 0. The molecule has 0 N–H and O–H groups in total. The number of unbranched alkanes of at least 4 members (excludes halogenated alkanes) is 20. The molecule has 0 aromatic heterocycles. The number of aryl methyl sites for hydroxylation is 2. The zero-order valence-corrected chi connectivity index (χ0v) is 28.1. The molecule has 0 aliphatic heterocycles. The molecule has 0 saturated heterocycles. The van der Waals surface area contributed by atoms with Crippen molar-refractivity contribution < 1.29 is 21.2 Å². The molecular weight excluding hydrogens is 583 g/mol. The largest absolute Gasteiger partial charge is 0.357 e. The average molecular weight is 646 g/mol. The maximum absolute atomic E-state index is 2.40. The molecule has 0 aliphatic rings. The third-order valence-electron chi connectivity index (χ3n) is 8.18. The maximum atomic E-state index is 2.40. The Bertz CT molecular complexity index is 775. The maximum Gasteiger partial charge on any atom is 0.357 e. The zero-order valence-electron chi connectivity index (χ0n) is 26.0. The van der Waals surface area contributed by atoms with Crippen molar-refractivity contribution in [2.45, 2.75) is 168 Å². The lowest BCUT2D eigenvalue weighted by Crippen LogP contribution is -3.61. The van der Waals surface area contributed by atoms with Gasteiger partial charge in [-0.05, 0) is 61.1 Å². The Morgan fingerprint density at radius 3 is 0.872 bits per heavy atom. The van der Waals surface area contributed by atoms with Gasteiger partial charge in [0, 0.05) is 0 Å². The summed E-state index contributed by atoms with van der Waals surface area (Å²) in [5.41, 5.74) is 3.06. The van der Waals surface area contributed by atoms with Crippen LogP contribution in [0.3, 0.4) is 0 Å². The van der Waals surface area contributed by atoms with Crippen molar-refractivity contribution in [2.24, 2.45) is 0 Å². The fourth-order valence-corrected chi connectivity index (χ4v) is 7.70. The van der Waals surface area contributed by atoms with Crippen molar-refractivity contribution >= 4 is 0 Å². The highest BCUT2D eigenvalue weighted by Gasteiger charge is 2.15. The molecule has 0 unspecified atom stereocenters. The van der Waals surface area contributed by atoms with Crippen LogP contribution in [-0.4, -0.2) is 0 Å². The molecular formula is C38H62I+. The second kappa shape index (κ2) is 24.9. The van der Waals surface area contributed by atoms with Gasteiger partial charge < -0.3 is 0 Å². The Balaban J connectivity index is 1.48. The SMILES string of the molecule is CCCCCCCCCCCCCCc1ccc([I+]c2ccc(CCCCCCCCCCCC)cc2)cc1. The lowest BCUT2D eigenvalue weighted by Gasteiger charge is -2.03. The summed E-state index contributed by atoms with van der Waals surface area (Å²) in [6, 6.07) is 19.2. The molecule has 0 spiro atoms. The summed E-state index contributed by atoms with van der Waals surface area (Å²) >= 11 is -0.0596. The Hall–Kier alpha value is -0.830. The zero-order chi connectivity index (χ0) is 27.6. The van der Waals surface area contributed by atoms with E-state index in [1.807, 2.05) is 0 Å². The first-order valence-electron chi connectivity index (χ1n) is 17.1. The third-order valence-corrected chi connectivity index (χ3v) is 10.9. The highest BCUT2D eigenvalue weighted by Crippen LogP contribution is 2.14. The van der Waals surface area contributed by atoms with Crippen LogP contribution in [0.2, 0.25) is 0 Å². The summed E-state index contributed by atoms with van der Waals surface area (Å²) < 4.78 is 3.10. The monoisotopic (exact) mass is 645 g/mol. The topological polar surface area (TPSA) is 0 Å². The van der Waals surface area contributed by atoms with Gasteiger partial charge in [0.15, 0.2) is 7.14 Å². The van der Waals surface area contributed by atoms with Gasteiger partial charge in [0.25, 0.3) is 0 Å². The Kier molecular flexibility index (Phi) is 22.0. The first kappa shape index (κ1) is 34.4. The fraction of sp³-hybridized carbons (Fsp3) is 0.684. The predicted molar refractivity (Wildman–Crippen MR) is 171 cm³/mol. The van der Waals surface area contributed by atoms with Gasteiger partial charge in [-0.2, -0.15) is 0 Å². The second-order valence-corrected chi connectivity index (χ2v) is 14.9. The van der Waals surface area contributed by atoms with Crippen LogP contribution in [0.4, 0.5) is 0 Å². The summed E-state index contributed by atoms with van der Waals surface area (Å²) in [4.78, 5) is 0. The number of halogens is 1. The number of benzene rings is 2. The van der Waals surface area contributed by atoms with Crippen LogP contribution in [0.1, 0.15) is 166 Å². The minimum Gasteiger partial charge on any atom is -0.0654 e. The van der Waals surface area contributed by atoms with Crippen molar-refractivity contribution in [3.63, 3.8) is 0 Å². The molecule has 0 atom stereocenters. The van der Waals surface area contributed by atoms with Crippen LogP contribution in [0.5, 0.6) is 0 Å². The third kappa shape index (κ3) is 19.0. The molecule has 0 fully saturated rings. The summed E-state index contributed by atoms with van der Waals surface area (Å²) in [7, 11) is 0. The Morgan fingerprint density at radius 1 is 0.333 bits per heavy atom. The van der Waals surface area contributed by atoms with Gasteiger partial charge in [-0.25, -0.2) is 0 Å². The van der Waals surface area contributed by atoms with Gasteiger partial charge in [0.1, 0.15) is 0 Å². The van der Waals surface area contributed by atoms with E-state index in [1.54, 1.807) is 7.14 Å². The van der Waals surface area contributed by atoms with Gasteiger partial charge in [-0.3, -0.25) is 0 Å². The molecule has 0 aliphatic carbocycles. The van der Waals surface area contributed by atoms with Gasteiger partial charge in [-0.15, -0.1) is 0 Å². The minimum atomic E-state index is -0.0596. The van der Waals surface area contributed by atoms with Crippen LogP contribution in [0, 0.1) is 7.14 Å². The van der Waals surface area contributed by atoms with Gasteiger partial charge in [-0.1, -0.05) is 167 Å². The highest BCUT2D eigenvalue weighted by atomic mass is 127. The summed E-state index contributed by atoms with van der Waals surface area (Å²) in [6.07, 6.45) is 33.8. The predicted octanol–water partition coefficient (Wildman–Crippen LogP) is 9.52. The highest BCUT2D eigenvalue weighted by molar-refractivity contribution is 5.16. The molecule has 2 aromatic rings. The van der Waals surface area contributed by atoms with E-state index in [4.69, 9.17) is 0 Å². The molecule has 0 bridgehead atoms. The van der Waals surface area contributed by atoms with Crippen molar-refractivity contribution in [1.82, 2.24) is 0 Å². The average Bonchev–Trinajstić information content (AvgIpc) is 2.96. The second-order valence-electron chi connectivity index (χ2n) is 11.9. The van der Waals surface area contributed by atoms with Crippen molar-refractivity contribution in [1.29, 1.82) is 0 Å². The first-order valence-corrected chi connectivity index (χ1v) is 19.3. The fourth-order valence-electron chi connectivity index (χ4n) is 5.54. The molecule has 220 valence electrons. The lowest BCUT2D eigenvalue weighted by molar-refractivity contribution is -0.597. The molecule has 0 saturated carbocycles. The summed E-state index contributed by atoms with van der Waals surface area (Å²) in [5.74, 6) is 0. The Labute approximate surface area is 254 Å². The van der Waals surface area contributed by atoms with Crippen molar-refractivity contribution in [2.75, 3.05) is 0 Å². The van der Waals surface area contributed by atoms with E-state index >= 15 is 0 Å². The lowest BCUT2D eigenvalue weighted by atomic mass is 10.0. The summed E-state index contributed by atoms with van der Waals surface area (Å²) in [5, 5.41) is 0. The van der Waals surface area contributed by atoms with E-state index in [1.165, 1.54) is 165 Å². The number of rotatable bonds is 26. The molecule has 0 amide bonds. The first-order chi connectivity index (χ1) is 19.3. The molecule has 1 heteroatoms. The van der Waals surface area contributed by atoms with Gasteiger partial charge >= 0.3 is 21.2 Å². The van der Waals surface area contributed by atoms with E-state index in [0.29, 0.717) is 0 Å². The van der Waals surface area contributed by atoms with Gasteiger partial charge in [0.05, 0.1) is 0 Å². The molecule has 2 rings (SSSR count). The normalized spacial score (nSPS) is 11.3. The van der Waals surface area contributed by atoms with Crippen LogP contribution in [-0.2, 0) is 12.8 Å². The number of hydrogen-bond donors (Lipinski definition) is 0. The minimum absolute atomic E-state index is 0.0596. The molecule has 0 nitrogen and oxygen atoms in total. The van der Waals surface area contributed by atoms with Crippen LogP contribution < -0.4 is 21.2 Å². The van der Waals surface area contributed by atoms with Crippen LogP contribution >= 0.6 is 0 Å². The van der Waals surface area contributed by atoms with E-state index < -0.39 is 0 Å². The van der Waals surface area contributed by atoms with E-state index in [9.17, 15) is 0 Å². The molecule has 2 aromatic carbocycles. The van der Waals surface area contributed by atoms with Crippen molar-refractivity contribution in [3.05, 3.63) is 66.8 Å². The Morgan fingerprint density at radius 2 is 0.590 bits per heavy atom. The van der Waals surface area contributed by atoms with Gasteiger partial charge in [0.2, 0.25) is 0 Å². The molecule has 0 radical (unpaired) electrons. The van der Waals surface area contributed by atoms with Crippen molar-refractivity contribution in [3.8, 4) is 0 Å².